The Bertz CT molecular complexity index is 670. The maximum atomic E-state index is 12.8. The fourth-order valence-corrected chi connectivity index (χ4v) is 13.9. The van der Waals surface area contributed by atoms with Gasteiger partial charge in [-0.3, -0.25) is 0 Å². The number of Topliss-reactive ketones (excluding diaryl/α,β-unsaturated/α-hetero) is 2. The summed E-state index contributed by atoms with van der Waals surface area (Å²) in [5.74, 6) is 3.05. The fourth-order valence-electron chi connectivity index (χ4n) is 7.36. The van der Waals surface area contributed by atoms with Gasteiger partial charge in [-0.05, 0) is 0 Å². The molecule has 3 saturated carbocycles. The van der Waals surface area contributed by atoms with Crippen LogP contribution in [0, 0.1) is 28.6 Å². The second-order valence-corrected chi connectivity index (χ2v) is 25.0. The summed E-state index contributed by atoms with van der Waals surface area (Å²) in [7, 11) is 0. The Morgan fingerprint density at radius 2 is 1.52 bits per heavy atom. The average molecular weight is 449 g/mol. The first-order valence-electron chi connectivity index (χ1n) is 10.4. The summed E-state index contributed by atoms with van der Waals surface area (Å²) in [4.78, 5) is 32.6. The molecule has 0 aromatic rings. The topological polar surface area (TPSA) is 34.1 Å². The summed E-state index contributed by atoms with van der Waals surface area (Å²) in [5.41, 5.74) is 1.79. The summed E-state index contributed by atoms with van der Waals surface area (Å²) in [6, 6.07) is 0. The van der Waals surface area contributed by atoms with E-state index in [1.54, 1.807) is 5.57 Å². The van der Waals surface area contributed by atoms with E-state index in [2.05, 4.69) is 28.7 Å². The van der Waals surface area contributed by atoms with Crippen LogP contribution in [0.2, 0.25) is 14.8 Å². The summed E-state index contributed by atoms with van der Waals surface area (Å²) < 4.78 is 1.36. The van der Waals surface area contributed by atoms with Gasteiger partial charge in [0, 0.05) is 0 Å². The van der Waals surface area contributed by atoms with E-state index in [9.17, 15) is 9.59 Å². The van der Waals surface area contributed by atoms with Crippen molar-refractivity contribution in [3.63, 3.8) is 0 Å². The molecule has 0 unspecified atom stereocenters. The molecule has 25 heavy (non-hydrogen) atoms. The van der Waals surface area contributed by atoms with Crippen LogP contribution in [0.5, 0.6) is 0 Å². The minimum absolute atomic E-state index is 0.0324. The third-order valence-corrected chi connectivity index (χ3v) is 14.5. The van der Waals surface area contributed by atoms with E-state index >= 15 is 0 Å². The molecule has 2 nitrogen and oxygen atoms in total. The maximum absolute atomic E-state index is 12.8. The minimum atomic E-state index is -2.41. The van der Waals surface area contributed by atoms with Gasteiger partial charge >= 0.3 is 157 Å². The van der Waals surface area contributed by atoms with Crippen LogP contribution in [-0.4, -0.2) is 29.9 Å². The Morgan fingerprint density at radius 1 is 0.840 bits per heavy atom. The van der Waals surface area contributed by atoms with Gasteiger partial charge in [-0.1, -0.05) is 0 Å². The van der Waals surface area contributed by atoms with Crippen molar-refractivity contribution >= 4 is 29.9 Å². The fraction of sp³-hybridized carbons (Fsp3) is 0.818. The second-order valence-electron chi connectivity index (χ2n) is 10.8. The van der Waals surface area contributed by atoms with E-state index in [-0.39, 0.29) is 10.8 Å². The molecule has 5 atom stereocenters. The molecular formula is C22H34O2Sn. The second kappa shape index (κ2) is 5.69. The van der Waals surface area contributed by atoms with Gasteiger partial charge in [0.2, 0.25) is 0 Å². The molecule has 4 aliphatic carbocycles. The molecule has 0 bridgehead atoms. The van der Waals surface area contributed by atoms with E-state index in [4.69, 9.17) is 0 Å². The van der Waals surface area contributed by atoms with E-state index in [0.29, 0.717) is 29.3 Å². The summed E-state index contributed by atoms with van der Waals surface area (Å²) in [6.07, 6.45) is 8.41. The Balaban J connectivity index is 1.77. The molecule has 0 spiro atoms. The van der Waals surface area contributed by atoms with Crippen LogP contribution in [-0.2, 0) is 9.59 Å². The van der Waals surface area contributed by atoms with Gasteiger partial charge in [0.05, 0.1) is 0 Å². The molecule has 0 N–H and O–H groups in total. The van der Waals surface area contributed by atoms with Crippen LogP contribution in [0.25, 0.3) is 0 Å². The number of ketones is 2. The molecular weight excluding hydrogens is 415 g/mol. The number of rotatable bonds is 1. The Kier molecular flexibility index (Phi) is 4.15. The molecule has 0 aromatic carbocycles. The molecule has 138 valence electrons. The van der Waals surface area contributed by atoms with E-state index < -0.39 is 18.4 Å². The summed E-state index contributed by atoms with van der Waals surface area (Å²) >= 11 is -2.41. The number of carbonyl (C=O) groups excluding carboxylic acids is 2. The third-order valence-electron chi connectivity index (χ3n) is 8.58. The molecule has 0 saturated heterocycles. The first kappa shape index (κ1) is 18.3. The molecule has 0 heterocycles. The standard InChI is InChI=1S/C19H25O2.3CH3.Sn/c1-18-9-7-13(20)11-12(18)3-4-14-15-5-6-17(21)19(15,2)10-8-16(14)18;;;;/h14-16H,3-10H2,1-2H3;3*1H3;/t14-,15-,16-,18-,19-;;;;/m0..../s1. The zero-order valence-corrected chi connectivity index (χ0v) is 19.6. The zero-order valence-electron chi connectivity index (χ0n) is 16.7. The first-order chi connectivity index (χ1) is 11.6. The van der Waals surface area contributed by atoms with Crippen LogP contribution >= 0.6 is 0 Å². The number of hydrogen-bond acceptors (Lipinski definition) is 2. The Hall–Kier alpha value is -0.121. The van der Waals surface area contributed by atoms with Crippen LogP contribution in [0.4, 0.5) is 0 Å². The summed E-state index contributed by atoms with van der Waals surface area (Å²) in [5, 5.41) is 0. The van der Waals surface area contributed by atoms with Crippen molar-refractivity contribution in [1.82, 2.24) is 0 Å². The van der Waals surface area contributed by atoms with Gasteiger partial charge in [0.15, 0.2) is 0 Å². The van der Waals surface area contributed by atoms with Crippen LogP contribution < -0.4 is 0 Å². The van der Waals surface area contributed by atoms with Crippen molar-refractivity contribution in [3.05, 3.63) is 9.16 Å². The molecule has 0 radical (unpaired) electrons. The quantitative estimate of drug-likeness (QED) is 0.507. The van der Waals surface area contributed by atoms with E-state index in [1.165, 1.54) is 16.4 Å². The zero-order chi connectivity index (χ0) is 18.2. The van der Waals surface area contributed by atoms with Gasteiger partial charge < -0.3 is 0 Å². The van der Waals surface area contributed by atoms with Gasteiger partial charge in [0.1, 0.15) is 0 Å². The van der Waals surface area contributed by atoms with Crippen molar-refractivity contribution in [1.29, 1.82) is 0 Å². The van der Waals surface area contributed by atoms with Crippen molar-refractivity contribution in [2.45, 2.75) is 80.0 Å². The molecule has 0 aromatic heterocycles. The first-order valence-corrected chi connectivity index (χ1v) is 20.4. The van der Waals surface area contributed by atoms with Crippen molar-refractivity contribution in [3.8, 4) is 0 Å². The SMILES string of the molecule is C[C@]12CCC(=O)[C]([Sn]([CH3])([CH3])[CH3])=C1CC[C@@H]1[C@@H]2CC[C@]2(C)C(=O)CC[C@@H]12. The van der Waals surface area contributed by atoms with Crippen LogP contribution in [0.3, 0.4) is 0 Å². The number of allylic oxidation sites excluding steroid dienone is 1. The normalized spacial score (nSPS) is 44.4. The number of fused-ring (bicyclic) bond motifs is 5. The van der Waals surface area contributed by atoms with Gasteiger partial charge in [0.25, 0.3) is 0 Å². The molecule has 0 aliphatic heterocycles. The van der Waals surface area contributed by atoms with Crippen LogP contribution in [0.1, 0.15) is 65.2 Å². The Labute approximate surface area is 157 Å². The average Bonchev–Trinajstić information content (AvgIpc) is 2.82. The third kappa shape index (κ3) is 2.48. The number of carbonyl (C=O) groups is 2. The van der Waals surface area contributed by atoms with Crippen molar-refractivity contribution < 1.29 is 9.59 Å². The predicted octanol–water partition coefficient (Wildman–Crippen LogP) is 5.34. The van der Waals surface area contributed by atoms with E-state index in [0.717, 1.165) is 38.5 Å². The molecule has 4 aliphatic rings. The molecule has 4 rings (SSSR count). The van der Waals surface area contributed by atoms with Crippen LogP contribution in [0.15, 0.2) is 9.16 Å². The predicted molar refractivity (Wildman–Crippen MR) is 104 cm³/mol. The monoisotopic (exact) mass is 450 g/mol. The van der Waals surface area contributed by atoms with Gasteiger partial charge in [-0.25, -0.2) is 0 Å². The number of hydrogen-bond donors (Lipinski definition) is 0. The molecule has 3 fully saturated rings. The van der Waals surface area contributed by atoms with E-state index in [1.807, 2.05) is 0 Å². The molecule has 3 heteroatoms. The van der Waals surface area contributed by atoms with Gasteiger partial charge in [-0.15, -0.1) is 0 Å². The Morgan fingerprint density at radius 3 is 2.20 bits per heavy atom. The van der Waals surface area contributed by atoms with Crippen molar-refractivity contribution in [2.24, 2.45) is 28.6 Å². The summed E-state index contributed by atoms with van der Waals surface area (Å²) in [6.45, 7) is 4.75. The van der Waals surface area contributed by atoms with Gasteiger partial charge in [-0.2, -0.15) is 0 Å². The molecule has 0 amide bonds. The van der Waals surface area contributed by atoms with Crippen molar-refractivity contribution in [2.75, 3.05) is 0 Å².